The topological polar surface area (TPSA) is 55.6 Å². The highest BCUT2D eigenvalue weighted by molar-refractivity contribution is 5.82. The third-order valence-electron chi connectivity index (χ3n) is 3.73. The highest BCUT2D eigenvalue weighted by Gasteiger charge is 2.29. The van der Waals surface area contributed by atoms with Crippen LogP contribution in [0.3, 0.4) is 0 Å². The summed E-state index contributed by atoms with van der Waals surface area (Å²) < 4.78 is 5.08. The number of carbonyl (C=O) groups is 1. The number of nitrogens with two attached hydrogens (primary N) is 1. The molecule has 0 aliphatic carbocycles. The molecule has 0 saturated carbocycles. The molecule has 1 aromatic rings. The van der Waals surface area contributed by atoms with E-state index in [1.807, 2.05) is 23.1 Å². The van der Waals surface area contributed by atoms with Crippen LogP contribution in [-0.2, 0) is 9.53 Å². The van der Waals surface area contributed by atoms with E-state index in [-0.39, 0.29) is 11.9 Å². The zero-order chi connectivity index (χ0) is 13.7. The zero-order valence-corrected chi connectivity index (χ0v) is 11.4. The van der Waals surface area contributed by atoms with E-state index in [2.05, 4.69) is 12.1 Å². The van der Waals surface area contributed by atoms with Gasteiger partial charge in [0.1, 0.15) is 0 Å². The standard InChI is InChI=1S/C15H22N2O2/c1-19-10-9-17-11-13(7-8-14(16)15(17)18)12-5-3-2-4-6-12/h2-6,13-14H,7-11,16H2,1H3. The molecule has 4 nitrogen and oxygen atoms in total. The minimum Gasteiger partial charge on any atom is -0.383 e. The Morgan fingerprint density at radius 3 is 2.74 bits per heavy atom. The van der Waals surface area contributed by atoms with Gasteiger partial charge in [-0.15, -0.1) is 0 Å². The first-order valence-corrected chi connectivity index (χ1v) is 6.80. The van der Waals surface area contributed by atoms with Gasteiger partial charge in [0.15, 0.2) is 0 Å². The highest BCUT2D eigenvalue weighted by atomic mass is 16.5. The lowest BCUT2D eigenvalue weighted by Gasteiger charge is -2.25. The molecule has 2 atom stereocenters. The molecule has 1 aliphatic rings. The molecule has 2 N–H and O–H groups in total. The van der Waals surface area contributed by atoms with Crippen molar-refractivity contribution in [2.75, 3.05) is 26.8 Å². The van der Waals surface area contributed by atoms with Crippen molar-refractivity contribution in [2.24, 2.45) is 5.73 Å². The van der Waals surface area contributed by atoms with Crippen LogP contribution in [0, 0.1) is 0 Å². The maximum Gasteiger partial charge on any atom is 0.239 e. The van der Waals surface area contributed by atoms with Crippen molar-refractivity contribution in [2.45, 2.75) is 24.8 Å². The van der Waals surface area contributed by atoms with Crippen molar-refractivity contribution >= 4 is 5.91 Å². The Kier molecular flexibility index (Phi) is 4.93. The van der Waals surface area contributed by atoms with E-state index in [0.717, 1.165) is 19.4 Å². The SMILES string of the molecule is COCCN1CC(c2ccccc2)CCC(N)C1=O. The molecular formula is C15H22N2O2. The Bertz CT molecular complexity index is 408. The lowest BCUT2D eigenvalue weighted by atomic mass is 9.94. The minimum absolute atomic E-state index is 0.0514. The Morgan fingerprint density at radius 1 is 1.32 bits per heavy atom. The molecule has 0 bridgehead atoms. The molecule has 2 rings (SSSR count). The molecule has 2 unspecified atom stereocenters. The summed E-state index contributed by atoms with van der Waals surface area (Å²) in [5.41, 5.74) is 7.23. The van der Waals surface area contributed by atoms with Crippen LogP contribution in [0.1, 0.15) is 24.3 Å². The molecule has 1 saturated heterocycles. The lowest BCUT2D eigenvalue weighted by molar-refractivity contribution is -0.132. The Hall–Kier alpha value is -1.39. The Morgan fingerprint density at radius 2 is 2.05 bits per heavy atom. The number of carbonyl (C=O) groups excluding carboxylic acids is 1. The summed E-state index contributed by atoms with van der Waals surface area (Å²) in [4.78, 5) is 14.0. The summed E-state index contributed by atoms with van der Waals surface area (Å²) in [5.74, 6) is 0.422. The number of amides is 1. The predicted molar refractivity (Wildman–Crippen MR) is 74.8 cm³/mol. The zero-order valence-electron chi connectivity index (χ0n) is 11.4. The first-order chi connectivity index (χ1) is 9.22. The van der Waals surface area contributed by atoms with E-state index in [9.17, 15) is 4.79 Å². The van der Waals surface area contributed by atoms with Gasteiger partial charge in [0.05, 0.1) is 12.6 Å². The van der Waals surface area contributed by atoms with Gasteiger partial charge in [-0.2, -0.15) is 0 Å². The van der Waals surface area contributed by atoms with E-state index >= 15 is 0 Å². The lowest BCUT2D eigenvalue weighted by Crippen LogP contribution is -2.44. The number of methoxy groups -OCH3 is 1. The first-order valence-electron chi connectivity index (χ1n) is 6.80. The van der Waals surface area contributed by atoms with Crippen molar-refractivity contribution in [1.82, 2.24) is 4.90 Å². The van der Waals surface area contributed by atoms with Crippen molar-refractivity contribution in [1.29, 1.82) is 0 Å². The fourth-order valence-corrected chi connectivity index (χ4v) is 2.59. The molecule has 1 amide bonds. The molecular weight excluding hydrogens is 240 g/mol. The van der Waals surface area contributed by atoms with Crippen LogP contribution < -0.4 is 5.73 Å². The second kappa shape index (κ2) is 6.68. The van der Waals surface area contributed by atoms with E-state index in [4.69, 9.17) is 10.5 Å². The smallest absolute Gasteiger partial charge is 0.239 e. The molecule has 104 valence electrons. The van der Waals surface area contributed by atoms with Gasteiger partial charge in [0, 0.05) is 26.1 Å². The fourth-order valence-electron chi connectivity index (χ4n) is 2.59. The van der Waals surface area contributed by atoms with E-state index in [1.165, 1.54) is 5.56 Å². The Labute approximate surface area is 114 Å². The Balaban J connectivity index is 2.12. The summed E-state index contributed by atoms with van der Waals surface area (Å²) in [6.45, 7) is 1.91. The summed E-state index contributed by atoms with van der Waals surface area (Å²) in [6, 6.07) is 9.98. The number of likely N-dealkylation sites (tertiary alicyclic amines) is 1. The van der Waals surface area contributed by atoms with E-state index < -0.39 is 0 Å². The van der Waals surface area contributed by atoms with Crippen molar-refractivity contribution in [3.63, 3.8) is 0 Å². The van der Waals surface area contributed by atoms with Gasteiger partial charge < -0.3 is 15.4 Å². The highest BCUT2D eigenvalue weighted by Crippen LogP contribution is 2.26. The maximum absolute atomic E-state index is 12.2. The summed E-state index contributed by atoms with van der Waals surface area (Å²) in [5, 5.41) is 0. The maximum atomic E-state index is 12.2. The van der Waals surface area contributed by atoms with Crippen molar-refractivity contribution < 1.29 is 9.53 Å². The molecule has 19 heavy (non-hydrogen) atoms. The van der Waals surface area contributed by atoms with Crippen LogP contribution in [0.25, 0.3) is 0 Å². The molecule has 0 radical (unpaired) electrons. The van der Waals surface area contributed by atoms with Gasteiger partial charge in [-0.25, -0.2) is 0 Å². The average Bonchev–Trinajstić information content (AvgIpc) is 2.59. The van der Waals surface area contributed by atoms with Gasteiger partial charge in [-0.05, 0) is 18.4 Å². The van der Waals surface area contributed by atoms with Crippen molar-refractivity contribution in [3.8, 4) is 0 Å². The summed E-state index contributed by atoms with van der Waals surface area (Å²) in [7, 11) is 1.65. The van der Waals surface area contributed by atoms with Crippen LogP contribution >= 0.6 is 0 Å². The molecule has 0 spiro atoms. The third kappa shape index (κ3) is 3.55. The summed E-state index contributed by atoms with van der Waals surface area (Å²) in [6.07, 6.45) is 1.71. The molecule has 1 heterocycles. The predicted octanol–water partition coefficient (Wildman–Crippen LogP) is 1.37. The van der Waals surface area contributed by atoms with Crippen LogP contribution in [0.15, 0.2) is 30.3 Å². The van der Waals surface area contributed by atoms with Gasteiger partial charge in [0.25, 0.3) is 0 Å². The second-order valence-electron chi connectivity index (χ2n) is 5.07. The molecule has 1 aliphatic heterocycles. The van der Waals surface area contributed by atoms with Gasteiger partial charge in [0.2, 0.25) is 5.91 Å². The normalized spacial score (nSPS) is 24.3. The number of ether oxygens (including phenoxy) is 1. The molecule has 1 aromatic carbocycles. The largest absolute Gasteiger partial charge is 0.383 e. The number of nitrogens with zero attached hydrogens (tertiary/aromatic N) is 1. The van der Waals surface area contributed by atoms with Gasteiger partial charge in [-0.1, -0.05) is 30.3 Å². The average molecular weight is 262 g/mol. The van der Waals surface area contributed by atoms with Gasteiger partial charge in [-0.3, -0.25) is 4.79 Å². The minimum atomic E-state index is -0.370. The van der Waals surface area contributed by atoms with Gasteiger partial charge >= 0.3 is 0 Å². The molecule has 1 fully saturated rings. The van der Waals surface area contributed by atoms with Crippen LogP contribution in [0.2, 0.25) is 0 Å². The number of hydrogen-bond acceptors (Lipinski definition) is 3. The number of benzene rings is 1. The van der Waals surface area contributed by atoms with Crippen LogP contribution in [-0.4, -0.2) is 43.7 Å². The second-order valence-corrected chi connectivity index (χ2v) is 5.07. The van der Waals surface area contributed by atoms with Crippen LogP contribution in [0.5, 0.6) is 0 Å². The quantitative estimate of drug-likeness (QED) is 0.891. The fraction of sp³-hybridized carbons (Fsp3) is 0.533. The van der Waals surface area contributed by atoms with E-state index in [1.54, 1.807) is 7.11 Å². The van der Waals surface area contributed by atoms with E-state index in [0.29, 0.717) is 19.1 Å². The molecule has 0 aromatic heterocycles. The summed E-state index contributed by atoms with van der Waals surface area (Å²) >= 11 is 0. The third-order valence-corrected chi connectivity index (χ3v) is 3.73. The number of rotatable bonds is 4. The number of hydrogen-bond donors (Lipinski definition) is 1. The monoisotopic (exact) mass is 262 g/mol. The van der Waals surface area contributed by atoms with Crippen molar-refractivity contribution in [3.05, 3.63) is 35.9 Å². The first kappa shape index (κ1) is 14.0. The molecule has 4 heteroatoms. The van der Waals surface area contributed by atoms with Crippen LogP contribution in [0.4, 0.5) is 0 Å².